The fourth-order valence-corrected chi connectivity index (χ4v) is 0.353. The second kappa shape index (κ2) is 5.06. The first-order valence-electron chi connectivity index (χ1n) is 2.70. The lowest BCUT2D eigenvalue weighted by molar-refractivity contribution is -0.137. The molecule has 3 heteroatoms. The fourth-order valence-electron chi connectivity index (χ4n) is 0.353. The van der Waals surface area contributed by atoms with Gasteiger partial charge in [0, 0.05) is 6.42 Å². The number of carbonyl (C=O) groups excluding carboxylic acids is 2. The van der Waals surface area contributed by atoms with Gasteiger partial charge in [-0.3, -0.25) is 4.79 Å². The number of esters is 1. The molecule has 0 unspecified atom stereocenters. The molecular formula is C6H8O3. The predicted molar refractivity (Wildman–Crippen MR) is 31.3 cm³/mol. The molecule has 0 N–H and O–H groups in total. The molecule has 0 aromatic carbocycles. The molecular weight excluding hydrogens is 120 g/mol. The van der Waals surface area contributed by atoms with Crippen LogP contribution in [-0.4, -0.2) is 11.9 Å². The molecule has 0 aromatic rings. The Morgan fingerprint density at radius 2 is 2.44 bits per heavy atom. The Balaban J connectivity index is 3.38. The van der Waals surface area contributed by atoms with Crippen LogP contribution in [-0.2, 0) is 14.3 Å². The lowest BCUT2D eigenvalue weighted by atomic mass is 10.3. The van der Waals surface area contributed by atoms with E-state index in [-0.39, 0.29) is 5.97 Å². The van der Waals surface area contributed by atoms with E-state index in [1.807, 2.05) is 6.92 Å². The molecule has 0 aliphatic carbocycles. The molecule has 0 atom stereocenters. The third-order valence-corrected chi connectivity index (χ3v) is 0.693. The van der Waals surface area contributed by atoms with Gasteiger partial charge in [0.25, 0.3) is 0 Å². The number of carbonyl (C=O) groups is 1. The van der Waals surface area contributed by atoms with E-state index in [2.05, 4.69) is 4.74 Å². The van der Waals surface area contributed by atoms with Gasteiger partial charge in [-0.05, 0) is 6.42 Å². The summed E-state index contributed by atoms with van der Waals surface area (Å²) in [6.45, 7) is 1.85. The van der Waals surface area contributed by atoms with Gasteiger partial charge in [-0.1, -0.05) is 6.92 Å². The van der Waals surface area contributed by atoms with Crippen molar-refractivity contribution >= 4 is 11.9 Å². The van der Waals surface area contributed by atoms with Crippen LogP contribution in [0, 0.1) is 0 Å². The lowest BCUT2D eigenvalue weighted by Crippen LogP contribution is -1.97. The van der Waals surface area contributed by atoms with Crippen molar-refractivity contribution in [2.75, 3.05) is 0 Å². The van der Waals surface area contributed by atoms with Crippen LogP contribution >= 0.6 is 0 Å². The van der Waals surface area contributed by atoms with E-state index in [9.17, 15) is 9.59 Å². The van der Waals surface area contributed by atoms with Crippen LogP contribution in [0.5, 0.6) is 0 Å². The van der Waals surface area contributed by atoms with Crippen molar-refractivity contribution in [2.24, 2.45) is 0 Å². The van der Waals surface area contributed by atoms with Crippen LogP contribution in [0.4, 0.5) is 0 Å². The zero-order valence-corrected chi connectivity index (χ0v) is 5.22. The maximum absolute atomic E-state index is 10.4. The minimum atomic E-state index is -0.388. The number of hydrogen-bond acceptors (Lipinski definition) is 3. The monoisotopic (exact) mass is 128 g/mol. The largest absolute Gasteiger partial charge is 0.422 e. The zero-order valence-electron chi connectivity index (χ0n) is 5.22. The second-order valence-electron chi connectivity index (χ2n) is 1.48. The van der Waals surface area contributed by atoms with Crippen molar-refractivity contribution in [1.29, 1.82) is 0 Å². The molecule has 0 radical (unpaired) electrons. The topological polar surface area (TPSA) is 43.4 Å². The summed E-state index contributed by atoms with van der Waals surface area (Å²) in [6, 6.07) is 0. The highest BCUT2D eigenvalue weighted by Crippen LogP contribution is 1.89. The molecule has 0 bridgehead atoms. The molecule has 3 nitrogen and oxygen atoms in total. The van der Waals surface area contributed by atoms with Gasteiger partial charge in [-0.15, -0.1) is 0 Å². The van der Waals surface area contributed by atoms with Crippen LogP contribution in [0.15, 0.2) is 6.26 Å². The summed E-state index contributed by atoms with van der Waals surface area (Å²) in [7, 11) is 0. The first kappa shape index (κ1) is 7.92. The van der Waals surface area contributed by atoms with Crippen molar-refractivity contribution in [3.8, 4) is 0 Å². The molecule has 50 valence electrons. The molecule has 0 saturated carbocycles. The molecule has 0 saturated heterocycles. The summed E-state index contributed by atoms with van der Waals surface area (Å²) in [5.74, 6) is 0.951. The van der Waals surface area contributed by atoms with Crippen molar-refractivity contribution in [1.82, 2.24) is 0 Å². The standard InChI is InChI=1S/C6H8O3/c1-2-3-6(8)9-5-4-7/h5H,2-3H2,1H3. The van der Waals surface area contributed by atoms with Crippen molar-refractivity contribution in [3.05, 3.63) is 6.26 Å². The Labute approximate surface area is 53.3 Å². The Hall–Kier alpha value is -1.08. The molecule has 0 rings (SSSR count). The van der Waals surface area contributed by atoms with E-state index in [1.165, 1.54) is 5.94 Å². The lowest BCUT2D eigenvalue weighted by Gasteiger charge is -1.91. The van der Waals surface area contributed by atoms with E-state index >= 15 is 0 Å². The molecule has 0 aliphatic heterocycles. The van der Waals surface area contributed by atoms with Crippen LogP contribution in [0.2, 0.25) is 0 Å². The van der Waals surface area contributed by atoms with Gasteiger partial charge in [0.15, 0.2) is 12.2 Å². The van der Waals surface area contributed by atoms with Crippen LogP contribution < -0.4 is 0 Å². The Bertz CT molecular complexity index is 133. The molecule has 0 aromatic heterocycles. The summed E-state index contributed by atoms with van der Waals surface area (Å²) >= 11 is 0. The minimum absolute atomic E-state index is 0.345. The molecule has 9 heavy (non-hydrogen) atoms. The van der Waals surface area contributed by atoms with Gasteiger partial charge in [0.1, 0.15) is 0 Å². The van der Waals surface area contributed by atoms with Crippen LogP contribution in [0.3, 0.4) is 0 Å². The van der Waals surface area contributed by atoms with Crippen molar-refractivity contribution in [3.63, 3.8) is 0 Å². The van der Waals surface area contributed by atoms with Crippen LogP contribution in [0.25, 0.3) is 0 Å². The van der Waals surface area contributed by atoms with E-state index < -0.39 is 0 Å². The molecule has 0 heterocycles. The van der Waals surface area contributed by atoms with Gasteiger partial charge in [-0.25, -0.2) is 4.79 Å². The number of ether oxygens (including phenoxy) is 1. The zero-order chi connectivity index (χ0) is 7.11. The molecule has 0 fully saturated rings. The first-order chi connectivity index (χ1) is 4.31. The Morgan fingerprint density at radius 3 is 2.89 bits per heavy atom. The highest BCUT2D eigenvalue weighted by atomic mass is 16.5. The maximum Gasteiger partial charge on any atom is 0.311 e. The van der Waals surface area contributed by atoms with Crippen molar-refractivity contribution in [2.45, 2.75) is 19.8 Å². The average molecular weight is 128 g/mol. The smallest absolute Gasteiger partial charge is 0.311 e. The SMILES string of the molecule is CCCC(=O)OC=C=O. The van der Waals surface area contributed by atoms with Crippen molar-refractivity contribution < 1.29 is 14.3 Å². The summed E-state index contributed by atoms with van der Waals surface area (Å²) in [5, 5.41) is 0. The maximum atomic E-state index is 10.4. The Morgan fingerprint density at radius 1 is 1.78 bits per heavy atom. The summed E-state index contributed by atoms with van der Waals surface area (Å²) in [5.41, 5.74) is 0. The third kappa shape index (κ3) is 4.78. The molecule has 0 spiro atoms. The average Bonchev–Trinajstić information content (AvgIpc) is 1.85. The first-order valence-corrected chi connectivity index (χ1v) is 2.70. The molecule has 0 aliphatic rings. The summed E-state index contributed by atoms with van der Waals surface area (Å²) in [4.78, 5) is 19.8. The van der Waals surface area contributed by atoms with E-state index in [1.54, 1.807) is 0 Å². The van der Waals surface area contributed by atoms with E-state index in [0.29, 0.717) is 6.42 Å². The van der Waals surface area contributed by atoms with E-state index in [0.717, 1.165) is 12.7 Å². The number of hydrogen-bond donors (Lipinski definition) is 0. The Kier molecular flexibility index (Phi) is 4.46. The van der Waals surface area contributed by atoms with E-state index in [4.69, 9.17) is 0 Å². The third-order valence-electron chi connectivity index (χ3n) is 0.693. The van der Waals surface area contributed by atoms with Gasteiger partial charge in [-0.2, -0.15) is 0 Å². The van der Waals surface area contributed by atoms with Gasteiger partial charge >= 0.3 is 5.97 Å². The van der Waals surface area contributed by atoms with Crippen LogP contribution in [0.1, 0.15) is 19.8 Å². The highest BCUT2D eigenvalue weighted by molar-refractivity contribution is 5.70. The highest BCUT2D eigenvalue weighted by Gasteiger charge is 1.95. The fraction of sp³-hybridized carbons (Fsp3) is 0.500. The minimum Gasteiger partial charge on any atom is -0.422 e. The second-order valence-corrected chi connectivity index (χ2v) is 1.48. The van der Waals surface area contributed by atoms with Gasteiger partial charge < -0.3 is 4.74 Å². The van der Waals surface area contributed by atoms with Gasteiger partial charge in [0.05, 0.1) is 0 Å². The quantitative estimate of drug-likeness (QED) is 0.319. The van der Waals surface area contributed by atoms with Gasteiger partial charge in [0.2, 0.25) is 0 Å². The normalized spacial score (nSPS) is 7.67. The predicted octanol–water partition coefficient (Wildman–Crippen LogP) is 0.675. The molecule has 0 amide bonds. The number of rotatable bonds is 3. The summed E-state index contributed by atoms with van der Waals surface area (Å²) in [6.07, 6.45) is 1.79. The summed E-state index contributed by atoms with van der Waals surface area (Å²) < 4.78 is 4.24.